The molecule has 2 aromatic rings. The number of hydrogen-bond acceptors (Lipinski definition) is 2. The van der Waals surface area contributed by atoms with E-state index in [-0.39, 0.29) is 18.1 Å². The first-order valence-electron chi connectivity index (χ1n) is 4.94. The maximum absolute atomic E-state index is 13.0. The fourth-order valence-electron chi connectivity index (χ4n) is 1.65. The molecule has 1 aromatic carbocycles. The topological polar surface area (TPSA) is 60.0 Å². The van der Waals surface area contributed by atoms with Gasteiger partial charge in [-0.3, -0.25) is 10.2 Å². The van der Waals surface area contributed by atoms with Gasteiger partial charge in [-0.25, -0.2) is 10.2 Å². The van der Waals surface area contributed by atoms with Crippen LogP contribution in [-0.2, 0) is 11.3 Å². The normalized spacial score (nSPS) is 10.6. The average Bonchev–Trinajstić information content (AvgIpc) is 2.68. The molecule has 5 heteroatoms. The van der Waals surface area contributed by atoms with Crippen molar-refractivity contribution < 1.29 is 9.18 Å². The molecule has 0 radical (unpaired) electrons. The van der Waals surface area contributed by atoms with Crippen molar-refractivity contribution in [2.24, 2.45) is 5.84 Å². The Balaban J connectivity index is 2.24. The van der Waals surface area contributed by atoms with E-state index in [1.165, 1.54) is 12.1 Å². The number of nitrogens with two attached hydrogens (primary N) is 1. The lowest BCUT2D eigenvalue weighted by Crippen LogP contribution is -2.30. The number of hydrogen-bond donors (Lipinski definition) is 2. The Bertz CT molecular complexity index is 521. The summed E-state index contributed by atoms with van der Waals surface area (Å²) in [6.45, 7) is 0.482. The standard InChI is InChI=1S/C11H12FN3O/c12-9-2-1-8-3-5-15(10(8)7-9)6-4-11(16)14-13/h1-3,5,7H,4,6,13H2,(H,14,16). The largest absolute Gasteiger partial charge is 0.347 e. The summed E-state index contributed by atoms with van der Waals surface area (Å²) in [4.78, 5) is 11.0. The van der Waals surface area contributed by atoms with Crippen molar-refractivity contribution in [3.05, 3.63) is 36.3 Å². The molecule has 1 aromatic heterocycles. The molecule has 0 fully saturated rings. The van der Waals surface area contributed by atoms with Gasteiger partial charge in [-0.05, 0) is 29.7 Å². The molecule has 0 aliphatic rings. The molecule has 2 rings (SSSR count). The Morgan fingerprint density at radius 2 is 2.25 bits per heavy atom. The summed E-state index contributed by atoms with van der Waals surface area (Å²) in [5.41, 5.74) is 2.84. The number of aryl methyl sites for hydroxylation is 1. The molecule has 1 amide bonds. The Labute approximate surface area is 91.8 Å². The number of nitrogens with zero attached hydrogens (tertiary/aromatic N) is 1. The molecule has 0 unspecified atom stereocenters. The van der Waals surface area contributed by atoms with Crippen LogP contribution in [0.5, 0.6) is 0 Å². The molecule has 16 heavy (non-hydrogen) atoms. The van der Waals surface area contributed by atoms with E-state index in [9.17, 15) is 9.18 Å². The number of hydrazine groups is 1. The van der Waals surface area contributed by atoms with Crippen molar-refractivity contribution in [3.63, 3.8) is 0 Å². The number of amides is 1. The molecule has 0 aliphatic heterocycles. The highest BCUT2D eigenvalue weighted by molar-refractivity contribution is 5.80. The second-order valence-corrected chi connectivity index (χ2v) is 3.53. The predicted molar refractivity (Wildman–Crippen MR) is 58.8 cm³/mol. The first kappa shape index (κ1) is 10.6. The van der Waals surface area contributed by atoms with Gasteiger partial charge < -0.3 is 4.57 Å². The first-order valence-corrected chi connectivity index (χ1v) is 4.94. The van der Waals surface area contributed by atoms with E-state index in [0.29, 0.717) is 6.54 Å². The minimum atomic E-state index is -0.282. The minimum absolute atomic E-state index is 0.238. The number of benzene rings is 1. The summed E-state index contributed by atoms with van der Waals surface area (Å²) in [5.74, 6) is 4.46. The van der Waals surface area contributed by atoms with Gasteiger partial charge in [0.15, 0.2) is 0 Å². The molecular formula is C11H12FN3O. The first-order chi connectivity index (χ1) is 7.70. The Morgan fingerprint density at radius 3 is 3.00 bits per heavy atom. The van der Waals surface area contributed by atoms with Crippen LogP contribution in [0.25, 0.3) is 10.9 Å². The summed E-state index contributed by atoms with van der Waals surface area (Å²) < 4.78 is 14.9. The SMILES string of the molecule is NNC(=O)CCn1ccc2ccc(F)cc21. The molecular weight excluding hydrogens is 209 g/mol. The lowest BCUT2D eigenvalue weighted by molar-refractivity contribution is -0.121. The van der Waals surface area contributed by atoms with Crippen LogP contribution in [0.2, 0.25) is 0 Å². The average molecular weight is 221 g/mol. The van der Waals surface area contributed by atoms with E-state index in [4.69, 9.17) is 5.84 Å². The summed E-state index contributed by atoms with van der Waals surface area (Å²) in [6, 6.07) is 6.47. The van der Waals surface area contributed by atoms with Gasteiger partial charge in [0.05, 0.1) is 5.52 Å². The Morgan fingerprint density at radius 1 is 1.44 bits per heavy atom. The van der Waals surface area contributed by atoms with Crippen molar-refractivity contribution in [2.45, 2.75) is 13.0 Å². The van der Waals surface area contributed by atoms with Gasteiger partial charge in [-0.2, -0.15) is 0 Å². The van der Waals surface area contributed by atoms with Gasteiger partial charge in [-0.15, -0.1) is 0 Å². The summed E-state index contributed by atoms with van der Waals surface area (Å²) in [5, 5.41) is 0.953. The number of halogens is 1. The highest BCUT2D eigenvalue weighted by Gasteiger charge is 2.04. The molecule has 0 bridgehead atoms. The van der Waals surface area contributed by atoms with Crippen molar-refractivity contribution in [1.82, 2.24) is 9.99 Å². The summed E-state index contributed by atoms with van der Waals surface area (Å²) >= 11 is 0. The van der Waals surface area contributed by atoms with Crippen LogP contribution in [0.4, 0.5) is 4.39 Å². The third-order valence-corrected chi connectivity index (χ3v) is 2.48. The zero-order valence-electron chi connectivity index (χ0n) is 8.61. The second-order valence-electron chi connectivity index (χ2n) is 3.53. The number of rotatable bonds is 3. The van der Waals surface area contributed by atoms with Gasteiger partial charge in [0, 0.05) is 19.2 Å². The number of carbonyl (C=O) groups excluding carboxylic acids is 1. The van der Waals surface area contributed by atoms with Crippen molar-refractivity contribution in [2.75, 3.05) is 0 Å². The number of carbonyl (C=O) groups is 1. The molecule has 0 spiro atoms. The molecule has 3 N–H and O–H groups in total. The molecule has 0 saturated heterocycles. The Hall–Kier alpha value is -1.88. The molecule has 4 nitrogen and oxygen atoms in total. The zero-order chi connectivity index (χ0) is 11.5. The van der Waals surface area contributed by atoms with Gasteiger partial charge >= 0.3 is 0 Å². The van der Waals surface area contributed by atoms with Crippen molar-refractivity contribution >= 4 is 16.8 Å². The van der Waals surface area contributed by atoms with E-state index < -0.39 is 0 Å². The molecule has 0 aliphatic carbocycles. The maximum atomic E-state index is 13.0. The minimum Gasteiger partial charge on any atom is -0.347 e. The van der Waals surface area contributed by atoms with Gasteiger partial charge in [0.2, 0.25) is 5.91 Å². The van der Waals surface area contributed by atoms with E-state index in [1.54, 1.807) is 6.07 Å². The van der Waals surface area contributed by atoms with Crippen LogP contribution in [0.15, 0.2) is 30.5 Å². The molecule has 1 heterocycles. The molecule has 0 saturated carbocycles. The van der Waals surface area contributed by atoms with Crippen LogP contribution < -0.4 is 11.3 Å². The molecule has 84 valence electrons. The van der Waals surface area contributed by atoms with Crippen LogP contribution in [0.3, 0.4) is 0 Å². The predicted octanol–water partition coefficient (Wildman–Crippen LogP) is 1.16. The van der Waals surface area contributed by atoms with Crippen molar-refractivity contribution in [1.29, 1.82) is 0 Å². The van der Waals surface area contributed by atoms with E-state index >= 15 is 0 Å². The quantitative estimate of drug-likeness (QED) is 0.464. The highest BCUT2D eigenvalue weighted by Crippen LogP contribution is 2.17. The van der Waals surface area contributed by atoms with Gasteiger partial charge in [0.25, 0.3) is 0 Å². The fourth-order valence-corrected chi connectivity index (χ4v) is 1.65. The van der Waals surface area contributed by atoms with Gasteiger partial charge in [-0.1, -0.05) is 0 Å². The lowest BCUT2D eigenvalue weighted by atomic mass is 10.2. The third kappa shape index (κ3) is 2.04. The number of aromatic nitrogens is 1. The van der Waals surface area contributed by atoms with E-state index in [1.807, 2.05) is 16.8 Å². The van der Waals surface area contributed by atoms with E-state index in [0.717, 1.165) is 10.9 Å². The number of nitrogens with one attached hydrogen (secondary N) is 1. The summed E-state index contributed by atoms with van der Waals surface area (Å²) in [7, 11) is 0. The fraction of sp³-hybridized carbons (Fsp3) is 0.182. The van der Waals surface area contributed by atoms with E-state index in [2.05, 4.69) is 5.43 Å². The van der Waals surface area contributed by atoms with Crippen LogP contribution >= 0.6 is 0 Å². The second kappa shape index (κ2) is 4.32. The molecule has 0 atom stereocenters. The van der Waals surface area contributed by atoms with Crippen LogP contribution in [0.1, 0.15) is 6.42 Å². The summed E-state index contributed by atoms with van der Waals surface area (Å²) in [6.07, 6.45) is 2.10. The lowest BCUT2D eigenvalue weighted by Gasteiger charge is -2.04. The Kier molecular flexibility index (Phi) is 2.87. The van der Waals surface area contributed by atoms with Crippen LogP contribution in [0, 0.1) is 5.82 Å². The highest BCUT2D eigenvalue weighted by atomic mass is 19.1. The smallest absolute Gasteiger partial charge is 0.235 e. The van der Waals surface area contributed by atoms with Crippen LogP contribution in [-0.4, -0.2) is 10.5 Å². The number of fused-ring (bicyclic) bond motifs is 1. The monoisotopic (exact) mass is 221 g/mol. The third-order valence-electron chi connectivity index (χ3n) is 2.48. The maximum Gasteiger partial charge on any atom is 0.235 e. The zero-order valence-corrected chi connectivity index (χ0v) is 8.61. The van der Waals surface area contributed by atoms with Crippen molar-refractivity contribution in [3.8, 4) is 0 Å². The van der Waals surface area contributed by atoms with Gasteiger partial charge in [0.1, 0.15) is 5.82 Å².